The molecule has 1 aromatic carbocycles. The number of unbranched alkanes of at least 4 members (excludes halogenated alkanes) is 2. The number of nitrogens with one attached hydrogen (secondary N) is 2. The summed E-state index contributed by atoms with van der Waals surface area (Å²) in [5.41, 5.74) is 0.854. The third-order valence-corrected chi connectivity index (χ3v) is 4.63. The van der Waals surface area contributed by atoms with Gasteiger partial charge in [0.05, 0.1) is 0 Å². The molecule has 0 aliphatic carbocycles. The highest BCUT2D eigenvalue weighted by molar-refractivity contribution is 7.15. The largest absolute Gasteiger partial charge is 0.444 e. The van der Waals surface area contributed by atoms with Crippen molar-refractivity contribution in [3.05, 3.63) is 40.4 Å². The molecule has 2 aromatic rings. The SMILES string of the molecule is CCCCCc1nnc(NC(=O)c2ccc(CNC(=O)OC(C)(C)C)cc2)s1. The van der Waals surface area contributed by atoms with Crippen LogP contribution in [0, 0.1) is 0 Å². The molecule has 8 heteroatoms. The maximum Gasteiger partial charge on any atom is 0.407 e. The second-order valence-electron chi connectivity index (χ2n) is 7.46. The lowest BCUT2D eigenvalue weighted by Crippen LogP contribution is -2.32. The molecule has 2 N–H and O–H groups in total. The molecule has 0 unspecified atom stereocenters. The van der Waals surface area contributed by atoms with Crippen molar-refractivity contribution in [2.75, 3.05) is 5.32 Å². The number of rotatable bonds is 8. The van der Waals surface area contributed by atoms with Crippen molar-refractivity contribution in [3.8, 4) is 0 Å². The molecule has 2 rings (SSSR count). The fourth-order valence-electron chi connectivity index (χ4n) is 2.36. The molecule has 1 heterocycles. The quantitative estimate of drug-likeness (QED) is 0.630. The zero-order valence-electron chi connectivity index (χ0n) is 16.9. The second kappa shape index (κ2) is 10.2. The van der Waals surface area contributed by atoms with E-state index < -0.39 is 11.7 Å². The first kappa shape index (κ1) is 21.8. The van der Waals surface area contributed by atoms with Crippen molar-refractivity contribution < 1.29 is 14.3 Å². The third kappa shape index (κ3) is 7.64. The third-order valence-electron chi connectivity index (χ3n) is 3.73. The lowest BCUT2D eigenvalue weighted by molar-refractivity contribution is 0.0523. The van der Waals surface area contributed by atoms with Crippen molar-refractivity contribution in [2.24, 2.45) is 0 Å². The van der Waals surface area contributed by atoms with E-state index in [1.54, 1.807) is 24.3 Å². The first-order chi connectivity index (χ1) is 13.3. The van der Waals surface area contributed by atoms with Gasteiger partial charge in [-0.1, -0.05) is 43.2 Å². The topological polar surface area (TPSA) is 93.2 Å². The Morgan fingerprint density at radius 3 is 2.46 bits per heavy atom. The van der Waals surface area contributed by atoms with Gasteiger partial charge in [0.25, 0.3) is 5.91 Å². The van der Waals surface area contributed by atoms with E-state index in [0.717, 1.165) is 36.3 Å². The lowest BCUT2D eigenvalue weighted by Gasteiger charge is -2.19. The zero-order valence-corrected chi connectivity index (χ0v) is 17.7. The zero-order chi connectivity index (χ0) is 20.6. The number of benzene rings is 1. The Labute approximate surface area is 169 Å². The minimum Gasteiger partial charge on any atom is -0.444 e. The number of anilines is 1. The lowest BCUT2D eigenvalue weighted by atomic mass is 10.1. The van der Waals surface area contributed by atoms with Crippen LogP contribution in [-0.2, 0) is 17.7 Å². The summed E-state index contributed by atoms with van der Waals surface area (Å²) in [6.07, 6.45) is 3.82. The summed E-state index contributed by atoms with van der Waals surface area (Å²) in [4.78, 5) is 24.0. The Balaban J connectivity index is 1.84. The first-order valence-corrected chi connectivity index (χ1v) is 10.3. The number of hydrogen-bond donors (Lipinski definition) is 2. The molecule has 7 nitrogen and oxygen atoms in total. The minimum atomic E-state index is -0.535. The van der Waals surface area contributed by atoms with E-state index in [-0.39, 0.29) is 5.91 Å². The predicted molar refractivity (Wildman–Crippen MR) is 111 cm³/mol. The summed E-state index contributed by atoms with van der Waals surface area (Å²) in [5, 5.41) is 15.1. The van der Waals surface area contributed by atoms with Gasteiger partial charge in [-0.25, -0.2) is 4.79 Å². The van der Waals surface area contributed by atoms with Crippen LogP contribution in [0.25, 0.3) is 0 Å². The normalized spacial score (nSPS) is 11.1. The number of alkyl carbamates (subject to hydrolysis) is 1. The fraction of sp³-hybridized carbons (Fsp3) is 0.500. The molecule has 0 fully saturated rings. The number of carbonyl (C=O) groups excluding carboxylic acids is 2. The summed E-state index contributed by atoms with van der Waals surface area (Å²) >= 11 is 1.41. The van der Waals surface area contributed by atoms with Crippen molar-refractivity contribution in [3.63, 3.8) is 0 Å². The van der Waals surface area contributed by atoms with Gasteiger partial charge in [-0.3, -0.25) is 10.1 Å². The van der Waals surface area contributed by atoms with E-state index >= 15 is 0 Å². The number of aromatic nitrogens is 2. The van der Waals surface area contributed by atoms with Crippen LogP contribution < -0.4 is 10.6 Å². The standard InChI is InChI=1S/C20H28N4O3S/c1-5-6-7-8-16-23-24-18(28-16)22-17(25)15-11-9-14(10-12-15)13-21-19(26)27-20(2,3)4/h9-12H,5-8,13H2,1-4H3,(H,21,26)(H,22,24,25). The minimum absolute atomic E-state index is 0.233. The summed E-state index contributed by atoms with van der Waals surface area (Å²) in [6, 6.07) is 7.01. The number of amides is 2. The van der Waals surface area contributed by atoms with Crippen LogP contribution in [0.15, 0.2) is 24.3 Å². The van der Waals surface area contributed by atoms with Gasteiger partial charge in [0, 0.05) is 18.5 Å². The van der Waals surface area contributed by atoms with Crippen LogP contribution in [0.3, 0.4) is 0 Å². The van der Waals surface area contributed by atoms with Gasteiger partial charge in [-0.05, 0) is 44.9 Å². The summed E-state index contributed by atoms with van der Waals surface area (Å²) in [6.45, 7) is 7.92. The Morgan fingerprint density at radius 2 is 1.82 bits per heavy atom. The molecule has 0 saturated carbocycles. The summed E-state index contributed by atoms with van der Waals surface area (Å²) in [7, 11) is 0. The molecule has 0 spiro atoms. The Bertz CT molecular complexity index is 781. The molecule has 0 radical (unpaired) electrons. The molecular formula is C20H28N4O3S. The van der Waals surface area contributed by atoms with Gasteiger partial charge in [-0.2, -0.15) is 0 Å². The summed E-state index contributed by atoms with van der Waals surface area (Å²) in [5.74, 6) is -0.233. The highest BCUT2D eigenvalue weighted by Crippen LogP contribution is 2.18. The van der Waals surface area contributed by atoms with Gasteiger partial charge in [0.2, 0.25) is 5.13 Å². The molecule has 0 aliphatic heterocycles. The number of ether oxygens (including phenoxy) is 1. The van der Waals surface area contributed by atoms with Crippen molar-refractivity contribution in [1.82, 2.24) is 15.5 Å². The Kier molecular flexibility index (Phi) is 7.92. The monoisotopic (exact) mass is 404 g/mol. The van der Waals surface area contributed by atoms with E-state index in [1.165, 1.54) is 11.3 Å². The molecule has 0 aliphatic rings. The number of nitrogens with zero attached hydrogens (tertiary/aromatic N) is 2. The van der Waals surface area contributed by atoms with E-state index in [2.05, 4.69) is 27.8 Å². The number of carbonyl (C=O) groups is 2. The Hall–Kier alpha value is -2.48. The highest BCUT2D eigenvalue weighted by Gasteiger charge is 2.16. The van der Waals surface area contributed by atoms with Crippen LogP contribution in [0.1, 0.15) is 67.9 Å². The van der Waals surface area contributed by atoms with Gasteiger partial charge in [-0.15, -0.1) is 10.2 Å². The van der Waals surface area contributed by atoms with Crippen LogP contribution >= 0.6 is 11.3 Å². The van der Waals surface area contributed by atoms with Crippen molar-refractivity contribution >= 4 is 28.5 Å². The second-order valence-corrected chi connectivity index (χ2v) is 8.53. The van der Waals surface area contributed by atoms with Crippen LogP contribution in [-0.4, -0.2) is 27.8 Å². The van der Waals surface area contributed by atoms with Gasteiger partial charge >= 0.3 is 6.09 Å². The van der Waals surface area contributed by atoms with Crippen LogP contribution in [0.4, 0.5) is 9.93 Å². The molecule has 0 atom stereocenters. The average Bonchev–Trinajstić information content (AvgIpc) is 3.06. The molecule has 0 bridgehead atoms. The van der Waals surface area contributed by atoms with E-state index in [0.29, 0.717) is 17.2 Å². The van der Waals surface area contributed by atoms with Gasteiger partial charge in [0.15, 0.2) is 0 Å². The van der Waals surface area contributed by atoms with Gasteiger partial charge < -0.3 is 10.1 Å². The van der Waals surface area contributed by atoms with E-state index in [4.69, 9.17) is 4.74 Å². The van der Waals surface area contributed by atoms with Crippen LogP contribution in [0.5, 0.6) is 0 Å². The van der Waals surface area contributed by atoms with E-state index in [9.17, 15) is 9.59 Å². The first-order valence-electron chi connectivity index (χ1n) is 9.46. The number of hydrogen-bond acceptors (Lipinski definition) is 6. The van der Waals surface area contributed by atoms with Crippen LogP contribution in [0.2, 0.25) is 0 Å². The Morgan fingerprint density at radius 1 is 1.11 bits per heavy atom. The maximum atomic E-state index is 12.4. The maximum absolute atomic E-state index is 12.4. The fourth-order valence-corrected chi connectivity index (χ4v) is 3.14. The van der Waals surface area contributed by atoms with Gasteiger partial charge in [0.1, 0.15) is 10.6 Å². The summed E-state index contributed by atoms with van der Waals surface area (Å²) < 4.78 is 5.19. The van der Waals surface area contributed by atoms with Crippen molar-refractivity contribution in [2.45, 2.75) is 65.5 Å². The number of aryl methyl sites for hydroxylation is 1. The molecule has 1 aromatic heterocycles. The molecule has 0 saturated heterocycles. The predicted octanol–water partition coefficient (Wildman–Crippen LogP) is 4.55. The molecule has 28 heavy (non-hydrogen) atoms. The molecule has 152 valence electrons. The van der Waals surface area contributed by atoms with Crippen molar-refractivity contribution in [1.29, 1.82) is 0 Å². The van der Waals surface area contributed by atoms with E-state index in [1.807, 2.05) is 20.8 Å². The average molecular weight is 405 g/mol. The molecular weight excluding hydrogens is 376 g/mol. The smallest absolute Gasteiger partial charge is 0.407 e. The highest BCUT2D eigenvalue weighted by atomic mass is 32.1. The molecule has 2 amide bonds.